The van der Waals surface area contributed by atoms with Crippen molar-refractivity contribution < 1.29 is 22.6 Å². The van der Waals surface area contributed by atoms with Crippen LogP contribution in [0.3, 0.4) is 0 Å². The number of ether oxygens (including phenoxy) is 2. The van der Waals surface area contributed by atoms with E-state index in [0.717, 1.165) is 30.8 Å². The Kier molecular flexibility index (Phi) is 7.14. The Morgan fingerprint density at radius 1 is 1.37 bits per heavy atom. The summed E-state index contributed by atoms with van der Waals surface area (Å²) >= 11 is 0. The van der Waals surface area contributed by atoms with Crippen molar-refractivity contribution in [1.82, 2.24) is 25.4 Å². The van der Waals surface area contributed by atoms with Crippen LogP contribution in [0.1, 0.15) is 23.6 Å². The first-order chi connectivity index (χ1) is 14.4. The zero-order chi connectivity index (χ0) is 21.6. The topological polar surface area (TPSA) is 85.6 Å². The van der Waals surface area contributed by atoms with Gasteiger partial charge in [0, 0.05) is 26.6 Å². The normalized spacial score (nSPS) is 16.8. The van der Waals surface area contributed by atoms with Gasteiger partial charge in [-0.05, 0) is 24.6 Å². The number of benzene rings is 1. The number of alkyl halides is 3. The van der Waals surface area contributed by atoms with Crippen molar-refractivity contribution in [3.8, 4) is 5.75 Å². The smallest absolute Gasteiger partial charge is 0.416 e. The van der Waals surface area contributed by atoms with E-state index >= 15 is 0 Å². The second-order valence-electron chi connectivity index (χ2n) is 6.81. The second-order valence-corrected chi connectivity index (χ2v) is 6.81. The Hall–Kier alpha value is -2.82. The molecule has 0 fully saturated rings. The fraction of sp³-hybridized carbons (Fsp3) is 0.526. The van der Waals surface area contributed by atoms with E-state index < -0.39 is 11.7 Å². The summed E-state index contributed by atoms with van der Waals surface area (Å²) in [7, 11) is 3.26. The Bertz CT molecular complexity index is 868. The third-order valence-corrected chi connectivity index (χ3v) is 4.56. The number of guanidine groups is 1. The minimum atomic E-state index is -4.39. The van der Waals surface area contributed by atoms with Crippen LogP contribution in [0.15, 0.2) is 29.3 Å². The Labute approximate surface area is 172 Å². The monoisotopic (exact) mass is 426 g/mol. The molecule has 1 aromatic carbocycles. The molecule has 1 aliphatic rings. The fourth-order valence-corrected chi connectivity index (χ4v) is 3.16. The van der Waals surface area contributed by atoms with Crippen LogP contribution in [0, 0.1) is 0 Å². The first-order valence-electron chi connectivity index (χ1n) is 9.58. The predicted octanol–water partition coefficient (Wildman–Crippen LogP) is 2.00. The molecule has 30 heavy (non-hydrogen) atoms. The number of aliphatic imine (C=N–C) groups is 1. The van der Waals surface area contributed by atoms with Crippen molar-refractivity contribution in [2.24, 2.45) is 4.99 Å². The standard InChI is InChI=1S/C19H25F3N6O2/c1-23-18(24-8-9-30-15-5-3-4-13(10-15)19(20,21)22)25-14-6-7-17-26-16(12-29-2)27-28(17)11-14/h3-5,10,14H,6-9,11-12H2,1-2H3,(H2,23,24,25). The van der Waals surface area contributed by atoms with Crippen LogP contribution in [0.25, 0.3) is 0 Å². The van der Waals surface area contributed by atoms with Crippen molar-refractivity contribution in [3.63, 3.8) is 0 Å². The lowest BCUT2D eigenvalue weighted by Gasteiger charge is -2.25. The number of nitrogens with zero attached hydrogens (tertiary/aromatic N) is 4. The van der Waals surface area contributed by atoms with E-state index in [-0.39, 0.29) is 18.4 Å². The molecule has 0 amide bonds. The van der Waals surface area contributed by atoms with Crippen LogP contribution in [0.5, 0.6) is 5.75 Å². The predicted molar refractivity (Wildman–Crippen MR) is 104 cm³/mol. The molecule has 1 unspecified atom stereocenters. The van der Waals surface area contributed by atoms with E-state index in [2.05, 4.69) is 25.7 Å². The molecule has 0 saturated carbocycles. The third-order valence-electron chi connectivity index (χ3n) is 4.56. The summed E-state index contributed by atoms with van der Waals surface area (Å²) in [6.45, 7) is 1.62. The van der Waals surface area contributed by atoms with Crippen LogP contribution in [0.2, 0.25) is 0 Å². The summed E-state index contributed by atoms with van der Waals surface area (Å²) in [6, 6.07) is 4.96. The fourth-order valence-electron chi connectivity index (χ4n) is 3.16. The molecule has 164 valence electrons. The first-order valence-corrected chi connectivity index (χ1v) is 9.58. The third kappa shape index (κ3) is 5.85. The maximum absolute atomic E-state index is 12.8. The molecular formula is C19H25F3N6O2. The summed E-state index contributed by atoms with van der Waals surface area (Å²) in [5, 5.41) is 10.9. The van der Waals surface area contributed by atoms with Gasteiger partial charge in [0.25, 0.3) is 0 Å². The van der Waals surface area contributed by atoms with Crippen LogP contribution in [-0.2, 0) is 30.5 Å². The highest BCUT2D eigenvalue weighted by atomic mass is 19.4. The molecule has 8 nitrogen and oxygen atoms in total. The minimum absolute atomic E-state index is 0.130. The highest BCUT2D eigenvalue weighted by Crippen LogP contribution is 2.31. The van der Waals surface area contributed by atoms with Crippen molar-refractivity contribution >= 4 is 5.96 Å². The summed E-state index contributed by atoms with van der Waals surface area (Å²) in [6.07, 6.45) is -2.71. The largest absolute Gasteiger partial charge is 0.492 e. The Morgan fingerprint density at radius 3 is 2.93 bits per heavy atom. The second kappa shape index (κ2) is 9.79. The quantitative estimate of drug-likeness (QED) is 0.400. The zero-order valence-corrected chi connectivity index (χ0v) is 16.9. The molecule has 2 N–H and O–H groups in total. The van der Waals surface area contributed by atoms with Gasteiger partial charge in [0.2, 0.25) is 0 Å². The van der Waals surface area contributed by atoms with Gasteiger partial charge in [0.15, 0.2) is 11.8 Å². The lowest BCUT2D eigenvalue weighted by atomic mass is 10.1. The van der Waals surface area contributed by atoms with Gasteiger partial charge in [0.05, 0.1) is 18.7 Å². The van der Waals surface area contributed by atoms with Crippen molar-refractivity contribution in [3.05, 3.63) is 41.5 Å². The van der Waals surface area contributed by atoms with Crippen LogP contribution in [-0.4, -0.2) is 54.1 Å². The average molecular weight is 426 g/mol. The first kappa shape index (κ1) is 21.9. The van der Waals surface area contributed by atoms with E-state index in [4.69, 9.17) is 9.47 Å². The van der Waals surface area contributed by atoms with E-state index in [1.165, 1.54) is 12.1 Å². The molecule has 11 heteroatoms. The molecule has 0 radical (unpaired) electrons. The lowest BCUT2D eigenvalue weighted by molar-refractivity contribution is -0.137. The minimum Gasteiger partial charge on any atom is -0.492 e. The molecule has 0 bridgehead atoms. The number of aromatic nitrogens is 3. The van der Waals surface area contributed by atoms with Gasteiger partial charge in [-0.1, -0.05) is 6.07 Å². The maximum atomic E-state index is 12.8. The molecule has 0 spiro atoms. The van der Waals surface area contributed by atoms with E-state index in [0.29, 0.717) is 31.5 Å². The molecule has 2 heterocycles. The summed E-state index contributed by atoms with van der Waals surface area (Å²) in [4.78, 5) is 8.64. The zero-order valence-electron chi connectivity index (χ0n) is 16.9. The molecule has 0 saturated heterocycles. The van der Waals surface area contributed by atoms with Gasteiger partial charge in [-0.2, -0.15) is 18.3 Å². The summed E-state index contributed by atoms with van der Waals surface area (Å²) in [5.41, 5.74) is -0.733. The summed E-state index contributed by atoms with van der Waals surface area (Å²) in [5.74, 6) is 2.38. The van der Waals surface area contributed by atoms with E-state index in [9.17, 15) is 13.2 Å². The van der Waals surface area contributed by atoms with E-state index in [1.54, 1.807) is 14.2 Å². The Balaban J connectivity index is 1.44. The van der Waals surface area contributed by atoms with Gasteiger partial charge in [0.1, 0.15) is 24.8 Å². The molecule has 1 aliphatic heterocycles. The van der Waals surface area contributed by atoms with Gasteiger partial charge >= 0.3 is 6.18 Å². The van der Waals surface area contributed by atoms with E-state index in [1.807, 2.05) is 4.68 Å². The lowest BCUT2D eigenvalue weighted by Crippen LogP contribution is -2.47. The number of hydrogen-bond donors (Lipinski definition) is 2. The van der Waals surface area contributed by atoms with Gasteiger partial charge < -0.3 is 20.1 Å². The van der Waals surface area contributed by atoms with Crippen molar-refractivity contribution in [1.29, 1.82) is 0 Å². The van der Waals surface area contributed by atoms with Gasteiger partial charge in [-0.25, -0.2) is 9.67 Å². The molecule has 2 aromatic rings. The van der Waals surface area contributed by atoms with Crippen LogP contribution in [0.4, 0.5) is 13.2 Å². The molecule has 3 rings (SSSR count). The molecular weight excluding hydrogens is 401 g/mol. The van der Waals surface area contributed by atoms with Crippen molar-refractivity contribution in [2.45, 2.75) is 38.2 Å². The molecule has 1 atom stereocenters. The average Bonchev–Trinajstić information content (AvgIpc) is 3.12. The summed E-state index contributed by atoms with van der Waals surface area (Å²) < 4.78 is 50.6. The molecule has 1 aromatic heterocycles. The van der Waals surface area contributed by atoms with Crippen LogP contribution < -0.4 is 15.4 Å². The number of methoxy groups -OCH3 is 1. The number of nitrogens with one attached hydrogen (secondary N) is 2. The Morgan fingerprint density at radius 2 is 2.20 bits per heavy atom. The number of fused-ring (bicyclic) bond motifs is 1. The number of aryl methyl sites for hydroxylation is 1. The van der Waals surface area contributed by atoms with Crippen LogP contribution >= 0.6 is 0 Å². The number of hydrogen-bond acceptors (Lipinski definition) is 5. The highest BCUT2D eigenvalue weighted by Gasteiger charge is 2.30. The highest BCUT2D eigenvalue weighted by molar-refractivity contribution is 5.79. The van der Waals surface area contributed by atoms with Crippen molar-refractivity contribution in [2.75, 3.05) is 27.3 Å². The maximum Gasteiger partial charge on any atom is 0.416 e. The van der Waals surface area contributed by atoms with Gasteiger partial charge in [-0.3, -0.25) is 4.99 Å². The SMILES string of the molecule is CN=C(NCCOc1cccc(C(F)(F)F)c1)NC1CCc2nc(COC)nn2C1. The molecule has 0 aliphatic carbocycles. The van der Waals surface area contributed by atoms with Gasteiger partial charge in [-0.15, -0.1) is 0 Å². The number of halogens is 3. The number of rotatable bonds is 7.